The summed E-state index contributed by atoms with van der Waals surface area (Å²) in [5.74, 6) is 0. The van der Waals surface area contributed by atoms with Crippen LogP contribution in [0.15, 0.2) is 52.3 Å². The molecule has 9 heteroatoms. The van der Waals surface area contributed by atoms with Gasteiger partial charge in [0.15, 0.2) is 0 Å². The van der Waals surface area contributed by atoms with Gasteiger partial charge in [-0.2, -0.15) is 8.42 Å². The second-order valence-corrected chi connectivity index (χ2v) is 7.43. The van der Waals surface area contributed by atoms with Crippen molar-refractivity contribution >= 4 is 31.7 Å². The fraction of sp³-hybridized carbons (Fsp3) is 0. The highest BCUT2D eigenvalue weighted by Crippen LogP contribution is 2.37. The molecular weight excluding hydrogens is 338 g/mol. The minimum atomic E-state index is -4.75. The third-order valence-electron chi connectivity index (χ3n) is 2.70. The van der Waals surface area contributed by atoms with Crippen LogP contribution in [0.2, 0.25) is 5.02 Å². The third-order valence-corrected chi connectivity index (χ3v) is 5.02. The van der Waals surface area contributed by atoms with E-state index in [0.717, 1.165) is 12.1 Å². The van der Waals surface area contributed by atoms with Crippen molar-refractivity contribution in [2.45, 2.75) is 9.79 Å². The van der Waals surface area contributed by atoms with Gasteiger partial charge in [-0.1, -0.05) is 41.9 Å². The van der Waals surface area contributed by atoms with E-state index >= 15 is 0 Å². The molecule has 0 aliphatic heterocycles. The van der Waals surface area contributed by atoms with Crippen molar-refractivity contribution in [3.63, 3.8) is 0 Å². The first-order valence-electron chi connectivity index (χ1n) is 5.50. The van der Waals surface area contributed by atoms with Crippen LogP contribution in [0.3, 0.4) is 0 Å². The third kappa shape index (κ3) is 3.25. The van der Waals surface area contributed by atoms with Gasteiger partial charge in [0.2, 0.25) is 10.0 Å². The lowest BCUT2D eigenvalue weighted by Crippen LogP contribution is -2.15. The number of sulfonamides is 1. The zero-order valence-corrected chi connectivity index (χ0v) is 12.8. The van der Waals surface area contributed by atoms with E-state index in [1.54, 1.807) is 18.2 Å². The summed E-state index contributed by atoms with van der Waals surface area (Å²) in [7, 11) is -8.96. The Hall–Kier alpha value is -1.45. The molecule has 0 fully saturated rings. The van der Waals surface area contributed by atoms with Crippen LogP contribution >= 0.6 is 11.6 Å². The summed E-state index contributed by atoms with van der Waals surface area (Å²) in [5, 5.41) is 4.81. The first-order chi connectivity index (χ1) is 9.62. The summed E-state index contributed by atoms with van der Waals surface area (Å²) in [6, 6.07) is 9.93. The van der Waals surface area contributed by atoms with Gasteiger partial charge in [-0.15, -0.1) is 0 Å². The van der Waals surface area contributed by atoms with Crippen molar-refractivity contribution in [3.05, 3.63) is 47.5 Å². The van der Waals surface area contributed by atoms with Crippen LogP contribution in [0, 0.1) is 0 Å². The largest absolute Gasteiger partial charge is 0.296 e. The Morgan fingerprint density at radius 1 is 0.952 bits per heavy atom. The van der Waals surface area contributed by atoms with Crippen LogP contribution < -0.4 is 5.14 Å². The summed E-state index contributed by atoms with van der Waals surface area (Å²) in [5.41, 5.74) is -0.00949. The highest BCUT2D eigenvalue weighted by Gasteiger charge is 2.27. The van der Waals surface area contributed by atoms with E-state index in [0.29, 0.717) is 0 Å². The van der Waals surface area contributed by atoms with Gasteiger partial charge in [0.1, 0.15) is 4.90 Å². The number of hydrogen-bond donors (Lipinski definition) is 2. The van der Waals surface area contributed by atoms with Crippen molar-refractivity contribution in [1.29, 1.82) is 0 Å². The van der Waals surface area contributed by atoms with E-state index in [2.05, 4.69) is 0 Å². The van der Waals surface area contributed by atoms with Crippen LogP contribution in [-0.2, 0) is 20.1 Å². The Kier molecular flexibility index (Phi) is 4.09. The SMILES string of the molecule is NS(=O)(=O)c1ccc(Cl)c(S(=O)(=O)O)c1-c1ccccc1. The smallest absolute Gasteiger partial charge is 0.282 e. The highest BCUT2D eigenvalue weighted by atomic mass is 35.5. The molecule has 0 bridgehead atoms. The van der Waals surface area contributed by atoms with Gasteiger partial charge >= 0.3 is 0 Å². The van der Waals surface area contributed by atoms with E-state index < -0.39 is 29.9 Å². The minimum Gasteiger partial charge on any atom is -0.282 e. The molecule has 3 N–H and O–H groups in total. The number of benzene rings is 2. The zero-order chi connectivity index (χ0) is 15.8. The molecule has 0 saturated heterocycles. The van der Waals surface area contributed by atoms with Crippen LogP contribution in [0.1, 0.15) is 0 Å². The van der Waals surface area contributed by atoms with Crippen molar-refractivity contribution in [2.24, 2.45) is 5.14 Å². The van der Waals surface area contributed by atoms with Gasteiger partial charge in [0.25, 0.3) is 10.1 Å². The molecule has 0 saturated carbocycles. The molecule has 112 valence electrons. The summed E-state index contributed by atoms with van der Waals surface area (Å²) in [4.78, 5) is -1.13. The average molecular weight is 348 g/mol. The Morgan fingerprint density at radius 2 is 1.52 bits per heavy atom. The summed E-state index contributed by atoms with van der Waals surface area (Å²) in [6.45, 7) is 0. The second-order valence-electron chi connectivity index (χ2n) is 4.14. The van der Waals surface area contributed by atoms with Gasteiger partial charge in [0, 0.05) is 5.56 Å². The van der Waals surface area contributed by atoms with E-state index in [9.17, 15) is 21.4 Å². The van der Waals surface area contributed by atoms with Crippen LogP contribution in [-0.4, -0.2) is 21.4 Å². The summed E-state index contributed by atoms with van der Waals surface area (Å²) in [6.07, 6.45) is 0. The first kappa shape index (κ1) is 15.9. The molecule has 0 aliphatic carbocycles. The van der Waals surface area contributed by atoms with Gasteiger partial charge in [0.05, 0.1) is 9.92 Å². The molecule has 0 amide bonds. The standard InChI is InChI=1S/C12H10ClNO5S2/c13-9-6-7-10(20(14,15)16)11(12(9)21(17,18)19)8-4-2-1-3-5-8/h1-7H,(H2,14,15,16)(H,17,18,19). The molecule has 0 aromatic heterocycles. The lowest BCUT2D eigenvalue weighted by molar-refractivity contribution is 0.483. The van der Waals surface area contributed by atoms with E-state index in [-0.39, 0.29) is 16.1 Å². The van der Waals surface area contributed by atoms with Crippen molar-refractivity contribution < 1.29 is 21.4 Å². The fourth-order valence-electron chi connectivity index (χ4n) is 1.91. The second kappa shape index (κ2) is 5.39. The van der Waals surface area contributed by atoms with Crippen LogP contribution in [0.4, 0.5) is 0 Å². The van der Waals surface area contributed by atoms with Crippen molar-refractivity contribution in [3.8, 4) is 11.1 Å². The fourth-order valence-corrected chi connectivity index (χ4v) is 3.98. The molecule has 2 aromatic carbocycles. The molecule has 0 spiro atoms. The summed E-state index contributed by atoms with van der Waals surface area (Å²) >= 11 is 5.81. The lowest BCUT2D eigenvalue weighted by Gasteiger charge is -2.13. The average Bonchev–Trinajstić information content (AvgIpc) is 2.36. The lowest BCUT2D eigenvalue weighted by atomic mass is 10.1. The van der Waals surface area contributed by atoms with Gasteiger partial charge in [-0.05, 0) is 17.7 Å². The maximum Gasteiger partial charge on any atom is 0.296 e. The van der Waals surface area contributed by atoms with Gasteiger partial charge in [-0.25, -0.2) is 13.6 Å². The number of primary sulfonamides is 1. The minimum absolute atomic E-state index is 0.247. The van der Waals surface area contributed by atoms with Crippen LogP contribution in [0.25, 0.3) is 11.1 Å². The Morgan fingerprint density at radius 3 is 2.00 bits per heavy atom. The Labute approximate surface area is 127 Å². The number of rotatable bonds is 3. The van der Waals surface area contributed by atoms with E-state index in [1.807, 2.05) is 0 Å². The molecule has 0 unspecified atom stereocenters. The number of halogens is 1. The molecule has 0 heterocycles. The van der Waals surface area contributed by atoms with Crippen molar-refractivity contribution in [2.75, 3.05) is 0 Å². The molecule has 2 rings (SSSR count). The van der Waals surface area contributed by atoms with E-state index in [1.165, 1.54) is 12.1 Å². The predicted octanol–water partition coefficient (Wildman–Crippen LogP) is 1.90. The Bertz CT molecular complexity index is 893. The van der Waals surface area contributed by atoms with Crippen molar-refractivity contribution in [1.82, 2.24) is 0 Å². The molecule has 2 aromatic rings. The molecule has 6 nitrogen and oxygen atoms in total. The highest BCUT2D eigenvalue weighted by molar-refractivity contribution is 7.89. The Balaban J connectivity index is 3.03. The normalized spacial score (nSPS) is 12.3. The quantitative estimate of drug-likeness (QED) is 0.823. The number of hydrogen-bond acceptors (Lipinski definition) is 4. The first-order valence-corrected chi connectivity index (χ1v) is 8.87. The maximum absolute atomic E-state index is 11.7. The van der Waals surface area contributed by atoms with Gasteiger partial charge < -0.3 is 0 Å². The van der Waals surface area contributed by atoms with Crippen LogP contribution in [0.5, 0.6) is 0 Å². The molecule has 21 heavy (non-hydrogen) atoms. The summed E-state index contributed by atoms with van der Waals surface area (Å²) < 4.78 is 55.8. The molecule has 0 atom stereocenters. The number of nitrogens with two attached hydrogens (primary N) is 1. The van der Waals surface area contributed by atoms with Gasteiger partial charge in [-0.3, -0.25) is 4.55 Å². The van der Waals surface area contributed by atoms with E-state index in [4.69, 9.17) is 16.7 Å². The maximum atomic E-state index is 11.7. The molecular formula is C12H10ClNO5S2. The monoisotopic (exact) mass is 347 g/mol. The molecule has 0 radical (unpaired) electrons. The predicted molar refractivity (Wildman–Crippen MR) is 78.1 cm³/mol. The topological polar surface area (TPSA) is 115 Å². The molecule has 0 aliphatic rings. The zero-order valence-electron chi connectivity index (χ0n) is 10.4.